The molecule has 0 aromatic heterocycles. The highest BCUT2D eigenvalue weighted by Gasteiger charge is 2.11. The zero-order valence-electron chi connectivity index (χ0n) is 12.5. The van der Waals surface area contributed by atoms with Gasteiger partial charge in [-0.2, -0.15) is 0 Å². The first-order valence-corrected chi connectivity index (χ1v) is 7.50. The molecule has 1 amide bonds. The van der Waals surface area contributed by atoms with Crippen LogP contribution in [0.1, 0.15) is 5.56 Å². The zero-order valence-corrected chi connectivity index (χ0v) is 12.5. The molecule has 4 nitrogen and oxygen atoms in total. The van der Waals surface area contributed by atoms with Gasteiger partial charge in [0.15, 0.2) is 0 Å². The van der Waals surface area contributed by atoms with Gasteiger partial charge in [0, 0.05) is 0 Å². The SMILES string of the molecule is NNC(=O)COCc1ccc2ccc3cccc4ccc1c2c34. The topological polar surface area (TPSA) is 64.3 Å². The number of nitrogens with two attached hydrogens (primary N) is 1. The van der Waals surface area contributed by atoms with Crippen LogP contribution in [0.3, 0.4) is 0 Å². The Hall–Kier alpha value is -2.69. The van der Waals surface area contributed by atoms with E-state index in [0.29, 0.717) is 6.61 Å². The zero-order chi connectivity index (χ0) is 15.8. The molecule has 0 radical (unpaired) electrons. The number of rotatable bonds is 4. The average Bonchev–Trinajstić information content (AvgIpc) is 2.60. The Labute approximate surface area is 133 Å². The number of hydrogen-bond donors (Lipinski definition) is 2. The van der Waals surface area contributed by atoms with Crippen molar-refractivity contribution in [2.45, 2.75) is 6.61 Å². The van der Waals surface area contributed by atoms with Gasteiger partial charge in [0.1, 0.15) is 6.61 Å². The fourth-order valence-corrected chi connectivity index (χ4v) is 3.22. The maximum atomic E-state index is 11.2. The average molecular weight is 304 g/mol. The Morgan fingerprint density at radius 3 is 2.30 bits per heavy atom. The van der Waals surface area contributed by atoms with Crippen LogP contribution in [0.25, 0.3) is 32.3 Å². The molecule has 0 fully saturated rings. The van der Waals surface area contributed by atoms with Crippen LogP contribution in [0.4, 0.5) is 0 Å². The fourth-order valence-electron chi connectivity index (χ4n) is 3.22. The maximum absolute atomic E-state index is 11.2. The first-order valence-electron chi connectivity index (χ1n) is 7.50. The largest absolute Gasteiger partial charge is 0.367 e. The van der Waals surface area contributed by atoms with Crippen molar-refractivity contribution in [3.05, 3.63) is 60.2 Å². The molecule has 23 heavy (non-hydrogen) atoms. The lowest BCUT2D eigenvalue weighted by Crippen LogP contribution is -2.33. The number of hydrazine groups is 1. The summed E-state index contributed by atoms with van der Waals surface area (Å²) in [6, 6.07) is 19.1. The van der Waals surface area contributed by atoms with Gasteiger partial charge in [0.05, 0.1) is 6.61 Å². The van der Waals surface area contributed by atoms with E-state index in [4.69, 9.17) is 10.6 Å². The molecule has 0 aliphatic rings. The van der Waals surface area contributed by atoms with E-state index in [0.717, 1.165) is 5.56 Å². The first-order chi connectivity index (χ1) is 11.3. The predicted octanol–water partition coefficient (Wildman–Crippen LogP) is 3.09. The van der Waals surface area contributed by atoms with Crippen LogP contribution in [0.15, 0.2) is 54.6 Å². The highest BCUT2D eigenvalue weighted by atomic mass is 16.5. The normalized spacial score (nSPS) is 11.5. The molecule has 0 atom stereocenters. The van der Waals surface area contributed by atoms with Crippen LogP contribution in [0.2, 0.25) is 0 Å². The van der Waals surface area contributed by atoms with Crippen molar-refractivity contribution < 1.29 is 9.53 Å². The van der Waals surface area contributed by atoms with Crippen molar-refractivity contribution in [2.24, 2.45) is 5.84 Å². The van der Waals surface area contributed by atoms with Gasteiger partial charge < -0.3 is 4.74 Å². The first kappa shape index (κ1) is 13.9. The molecule has 0 saturated carbocycles. The molecule has 0 heterocycles. The van der Waals surface area contributed by atoms with Crippen molar-refractivity contribution in [1.82, 2.24) is 5.43 Å². The van der Waals surface area contributed by atoms with Crippen LogP contribution >= 0.6 is 0 Å². The predicted molar refractivity (Wildman–Crippen MR) is 92.1 cm³/mol. The summed E-state index contributed by atoms with van der Waals surface area (Å²) >= 11 is 0. The third-order valence-corrected chi connectivity index (χ3v) is 4.27. The lowest BCUT2D eigenvalue weighted by Gasteiger charge is -2.14. The number of carbonyl (C=O) groups excluding carboxylic acids is 1. The molecule has 114 valence electrons. The molecule has 4 aromatic carbocycles. The second kappa shape index (κ2) is 5.50. The Balaban J connectivity index is 1.85. The minimum absolute atomic E-state index is 0.0432. The molecular weight excluding hydrogens is 288 g/mol. The summed E-state index contributed by atoms with van der Waals surface area (Å²) in [5, 5.41) is 7.39. The van der Waals surface area contributed by atoms with E-state index in [1.54, 1.807) is 0 Å². The molecule has 4 heteroatoms. The van der Waals surface area contributed by atoms with E-state index in [1.165, 1.54) is 32.3 Å². The molecule has 3 N–H and O–H groups in total. The standard InChI is InChI=1S/C19H16N2O2/c20-21-17(22)11-23-10-15-7-6-14-5-4-12-2-1-3-13-8-9-16(15)19(14)18(12)13/h1-9H,10-11,20H2,(H,21,22). The number of amides is 1. The van der Waals surface area contributed by atoms with Crippen LogP contribution < -0.4 is 11.3 Å². The summed E-state index contributed by atoms with van der Waals surface area (Å²) in [5.74, 6) is 4.73. The monoisotopic (exact) mass is 304 g/mol. The quantitative estimate of drug-likeness (QED) is 0.263. The number of benzene rings is 4. The van der Waals surface area contributed by atoms with Gasteiger partial charge in [-0.1, -0.05) is 54.6 Å². The number of ether oxygens (including phenoxy) is 1. The Kier molecular flexibility index (Phi) is 3.33. The van der Waals surface area contributed by atoms with E-state index < -0.39 is 0 Å². The van der Waals surface area contributed by atoms with E-state index in [-0.39, 0.29) is 12.5 Å². The minimum Gasteiger partial charge on any atom is -0.367 e. The Morgan fingerprint density at radius 1 is 0.913 bits per heavy atom. The summed E-state index contributed by atoms with van der Waals surface area (Å²) in [7, 11) is 0. The maximum Gasteiger partial charge on any atom is 0.259 e. The van der Waals surface area contributed by atoms with Crippen molar-refractivity contribution in [3.8, 4) is 0 Å². The molecule has 0 spiro atoms. The van der Waals surface area contributed by atoms with Crippen molar-refractivity contribution in [2.75, 3.05) is 6.61 Å². The molecule has 0 bridgehead atoms. The van der Waals surface area contributed by atoms with E-state index in [1.807, 2.05) is 0 Å². The summed E-state index contributed by atoms with van der Waals surface area (Å²) < 4.78 is 5.47. The highest BCUT2D eigenvalue weighted by molar-refractivity contribution is 6.23. The second-order valence-electron chi connectivity index (χ2n) is 5.64. The van der Waals surface area contributed by atoms with E-state index in [9.17, 15) is 4.79 Å². The summed E-state index contributed by atoms with van der Waals surface area (Å²) in [6.07, 6.45) is 0. The van der Waals surface area contributed by atoms with Gasteiger partial charge in [-0.05, 0) is 37.9 Å². The minimum atomic E-state index is -0.331. The summed E-state index contributed by atoms with van der Waals surface area (Å²) in [5.41, 5.74) is 3.14. The van der Waals surface area contributed by atoms with E-state index in [2.05, 4.69) is 60.0 Å². The Morgan fingerprint density at radius 2 is 1.57 bits per heavy atom. The van der Waals surface area contributed by atoms with Gasteiger partial charge >= 0.3 is 0 Å². The number of hydrogen-bond acceptors (Lipinski definition) is 3. The van der Waals surface area contributed by atoms with Crippen LogP contribution in [-0.2, 0) is 16.1 Å². The Bertz CT molecular complexity index is 994. The highest BCUT2D eigenvalue weighted by Crippen LogP contribution is 2.35. The molecule has 0 unspecified atom stereocenters. The molecule has 0 saturated heterocycles. The molecular formula is C19H16N2O2. The molecule has 4 aromatic rings. The molecule has 0 aliphatic heterocycles. The lowest BCUT2D eigenvalue weighted by molar-refractivity contribution is -0.126. The van der Waals surface area contributed by atoms with Crippen LogP contribution in [0, 0.1) is 0 Å². The van der Waals surface area contributed by atoms with Crippen molar-refractivity contribution >= 4 is 38.2 Å². The smallest absolute Gasteiger partial charge is 0.259 e. The van der Waals surface area contributed by atoms with Crippen molar-refractivity contribution in [3.63, 3.8) is 0 Å². The van der Waals surface area contributed by atoms with Gasteiger partial charge in [0.2, 0.25) is 0 Å². The third kappa shape index (κ3) is 2.29. The second-order valence-corrected chi connectivity index (χ2v) is 5.64. The van der Waals surface area contributed by atoms with Gasteiger partial charge in [-0.3, -0.25) is 10.2 Å². The lowest BCUT2D eigenvalue weighted by atomic mass is 9.92. The van der Waals surface area contributed by atoms with Crippen molar-refractivity contribution in [1.29, 1.82) is 0 Å². The number of carbonyl (C=O) groups is 1. The van der Waals surface area contributed by atoms with Crippen LogP contribution in [0.5, 0.6) is 0 Å². The van der Waals surface area contributed by atoms with Gasteiger partial charge in [-0.25, -0.2) is 5.84 Å². The van der Waals surface area contributed by atoms with Crippen LogP contribution in [-0.4, -0.2) is 12.5 Å². The molecule has 4 rings (SSSR count). The fraction of sp³-hybridized carbons (Fsp3) is 0.105. The summed E-state index contributed by atoms with van der Waals surface area (Å²) in [6.45, 7) is 0.333. The summed E-state index contributed by atoms with van der Waals surface area (Å²) in [4.78, 5) is 11.2. The molecule has 0 aliphatic carbocycles. The van der Waals surface area contributed by atoms with E-state index >= 15 is 0 Å². The van der Waals surface area contributed by atoms with Gasteiger partial charge in [0.25, 0.3) is 5.91 Å². The number of nitrogens with one attached hydrogen (secondary N) is 1. The third-order valence-electron chi connectivity index (χ3n) is 4.27. The van der Waals surface area contributed by atoms with Gasteiger partial charge in [-0.15, -0.1) is 0 Å².